The Morgan fingerprint density at radius 1 is 1.00 bits per heavy atom. The molecule has 2 aliphatic rings. The van der Waals surface area contributed by atoms with E-state index >= 15 is 0 Å². The number of amides is 1. The van der Waals surface area contributed by atoms with Gasteiger partial charge in [-0.2, -0.15) is 0 Å². The van der Waals surface area contributed by atoms with E-state index in [2.05, 4.69) is 5.32 Å². The third-order valence-electron chi connectivity index (χ3n) is 4.69. The zero-order chi connectivity index (χ0) is 12.8. The molecule has 0 atom stereocenters. The van der Waals surface area contributed by atoms with Gasteiger partial charge in [-0.3, -0.25) is 4.79 Å². The average Bonchev–Trinajstić information content (AvgIpc) is 2.66. The summed E-state index contributed by atoms with van der Waals surface area (Å²) in [5.41, 5.74) is 6.23. The van der Waals surface area contributed by atoms with Gasteiger partial charge in [0.1, 0.15) is 0 Å². The van der Waals surface area contributed by atoms with Crippen LogP contribution in [0, 0.1) is 5.92 Å². The second-order valence-corrected chi connectivity index (χ2v) is 6.33. The van der Waals surface area contributed by atoms with Gasteiger partial charge in [-0.05, 0) is 25.7 Å². The summed E-state index contributed by atoms with van der Waals surface area (Å²) >= 11 is 0. The Balaban J connectivity index is 0.00000180. The molecule has 19 heavy (non-hydrogen) atoms. The standard InChI is InChI=1S/C15H28N2O.ClH/c16-15(10-6-3-7-11-15)12-17-14(18)13-8-4-1-2-5-9-13;/h13H,1-12,16H2,(H,17,18);1H. The van der Waals surface area contributed by atoms with Crippen molar-refractivity contribution in [3.05, 3.63) is 0 Å². The number of nitrogens with one attached hydrogen (secondary N) is 1. The first-order valence-electron chi connectivity index (χ1n) is 7.76. The minimum atomic E-state index is -0.126. The molecule has 0 spiro atoms. The molecule has 2 aliphatic carbocycles. The van der Waals surface area contributed by atoms with Crippen molar-refractivity contribution < 1.29 is 4.79 Å². The van der Waals surface area contributed by atoms with Crippen molar-refractivity contribution in [2.24, 2.45) is 11.7 Å². The summed E-state index contributed by atoms with van der Waals surface area (Å²) < 4.78 is 0. The van der Waals surface area contributed by atoms with E-state index in [0.29, 0.717) is 6.54 Å². The lowest BCUT2D eigenvalue weighted by Gasteiger charge is -2.34. The zero-order valence-corrected chi connectivity index (χ0v) is 12.8. The summed E-state index contributed by atoms with van der Waals surface area (Å²) in [6, 6.07) is 0. The fraction of sp³-hybridized carbons (Fsp3) is 0.933. The molecular formula is C15H29ClN2O. The van der Waals surface area contributed by atoms with Gasteiger partial charge in [-0.25, -0.2) is 0 Å². The molecular weight excluding hydrogens is 260 g/mol. The highest BCUT2D eigenvalue weighted by Gasteiger charge is 2.29. The van der Waals surface area contributed by atoms with Crippen LogP contribution in [0.1, 0.15) is 70.6 Å². The summed E-state index contributed by atoms with van der Waals surface area (Å²) in [5, 5.41) is 3.13. The van der Waals surface area contributed by atoms with Gasteiger partial charge in [0.05, 0.1) is 0 Å². The number of halogens is 1. The molecule has 0 bridgehead atoms. The van der Waals surface area contributed by atoms with E-state index in [1.54, 1.807) is 0 Å². The van der Waals surface area contributed by atoms with Gasteiger partial charge in [0.2, 0.25) is 5.91 Å². The van der Waals surface area contributed by atoms with E-state index in [-0.39, 0.29) is 29.8 Å². The van der Waals surface area contributed by atoms with Gasteiger partial charge >= 0.3 is 0 Å². The minimum absolute atomic E-state index is 0. The quantitative estimate of drug-likeness (QED) is 0.784. The van der Waals surface area contributed by atoms with Crippen molar-refractivity contribution in [3.8, 4) is 0 Å². The van der Waals surface area contributed by atoms with Crippen LogP contribution in [0.4, 0.5) is 0 Å². The third kappa shape index (κ3) is 5.31. The van der Waals surface area contributed by atoms with Crippen molar-refractivity contribution in [1.29, 1.82) is 0 Å². The van der Waals surface area contributed by atoms with E-state index in [4.69, 9.17) is 5.73 Å². The molecule has 1 amide bonds. The lowest BCUT2D eigenvalue weighted by Crippen LogP contribution is -2.52. The molecule has 3 N–H and O–H groups in total. The van der Waals surface area contributed by atoms with Crippen molar-refractivity contribution in [1.82, 2.24) is 5.32 Å². The second-order valence-electron chi connectivity index (χ2n) is 6.33. The predicted molar refractivity (Wildman–Crippen MR) is 81.5 cm³/mol. The summed E-state index contributed by atoms with van der Waals surface area (Å²) in [4.78, 5) is 12.2. The van der Waals surface area contributed by atoms with Crippen LogP contribution in [0.2, 0.25) is 0 Å². The summed E-state index contributed by atoms with van der Waals surface area (Å²) in [6.45, 7) is 0.683. The molecule has 2 saturated carbocycles. The van der Waals surface area contributed by atoms with E-state index in [9.17, 15) is 4.79 Å². The SMILES string of the molecule is Cl.NC1(CNC(=O)C2CCCCCC2)CCCCC1. The molecule has 0 heterocycles. The van der Waals surface area contributed by atoms with Crippen molar-refractivity contribution >= 4 is 18.3 Å². The highest BCUT2D eigenvalue weighted by Crippen LogP contribution is 2.26. The van der Waals surface area contributed by atoms with Crippen LogP contribution < -0.4 is 11.1 Å². The monoisotopic (exact) mass is 288 g/mol. The van der Waals surface area contributed by atoms with Crippen LogP contribution in [-0.2, 0) is 4.79 Å². The Morgan fingerprint density at radius 2 is 1.53 bits per heavy atom. The summed E-state index contributed by atoms with van der Waals surface area (Å²) in [7, 11) is 0. The van der Waals surface area contributed by atoms with Crippen LogP contribution in [0.15, 0.2) is 0 Å². The van der Waals surface area contributed by atoms with E-state index in [0.717, 1.165) is 25.7 Å². The van der Waals surface area contributed by atoms with Gasteiger partial charge in [-0.1, -0.05) is 44.9 Å². The first-order valence-corrected chi connectivity index (χ1v) is 7.76. The third-order valence-corrected chi connectivity index (χ3v) is 4.69. The molecule has 4 heteroatoms. The molecule has 0 unspecified atom stereocenters. The van der Waals surface area contributed by atoms with E-state index < -0.39 is 0 Å². The van der Waals surface area contributed by atoms with Gasteiger partial charge in [-0.15, -0.1) is 12.4 Å². The first kappa shape index (κ1) is 16.8. The second kappa shape index (κ2) is 8.11. The zero-order valence-electron chi connectivity index (χ0n) is 12.0. The van der Waals surface area contributed by atoms with Crippen molar-refractivity contribution in [2.75, 3.05) is 6.54 Å². The number of carbonyl (C=O) groups is 1. The topological polar surface area (TPSA) is 55.1 Å². The normalized spacial score (nSPS) is 24.1. The maximum Gasteiger partial charge on any atom is 0.223 e. The number of hydrogen-bond acceptors (Lipinski definition) is 2. The van der Waals surface area contributed by atoms with Crippen LogP contribution in [0.5, 0.6) is 0 Å². The summed E-state index contributed by atoms with van der Waals surface area (Å²) in [5.74, 6) is 0.506. The van der Waals surface area contributed by atoms with Gasteiger partial charge in [0.25, 0.3) is 0 Å². The van der Waals surface area contributed by atoms with E-state index in [1.807, 2.05) is 0 Å². The highest BCUT2D eigenvalue weighted by atomic mass is 35.5. The molecule has 3 nitrogen and oxygen atoms in total. The minimum Gasteiger partial charge on any atom is -0.354 e. The predicted octanol–water partition coefficient (Wildman–Crippen LogP) is 3.16. The molecule has 0 saturated heterocycles. The van der Waals surface area contributed by atoms with Crippen LogP contribution in [-0.4, -0.2) is 18.0 Å². The van der Waals surface area contributed by atoms with E-state index in [1.165, 1.54) is 44.9 Å². The number of nitrogens with two attached hydrogens (primary N) is 1. The molecule has 2 rings (SSSR count). The first-order chi connectivity index (χ1) is 8.70. The fourth-order valence-electron chi connectivity index (χ4n) is 3.38. The van der Waals surface area contributed by atoms with Crippen molar-refractivity contribution in [3.63, 3.8) is 0 Å². The lowest BCUT2D eigenvalue weighted by molar-refractivity contribution is -0.125. The van der Waals surface area contributed by atoms with Crippen LogP contribution in [0.25, 0.3) is 0 Å². The Kier molecular flexibility index (Phi) is 7.16. The molecule has 0 aliphatic heterocycles. The largest absolute Gasteiger partial charge is 0.354 e. The highest BCUT2D eigenvalue weighted by molar-refractivity contribution is 5.85. The lowest BCUT2D eigenvalue weighted by atomic mass is 9.82. The Labute approximate surface area is 123 Å². The average molecular weight is 289 g/mol. The van der Waals surface area contributed by atoms with Crippen molar-refractivity contribution in [2.45, 2.75) is 76.2 Å². The number of rotatable bonds is 3. The molecule has 0 aromatic carbocycles. The number of carbonyl (C=O) groups excluding carboxylic acids is 1. The number of hydrogen-bond donors (Lipinski definition) is 2. The smallest absolute Gasteiger partial charge is 0.223 e. The molecule has 0 aromatic rings. The Hall–Kier alpha value is -0.280. The Morgan fingerprint density at radius 3 is 2.11 bits per heavy atom. The van der Waals surface area contributed by atoms with Gasteiger partial charge in [0.15, 0.2) is 0 Å². The van der Waals surface area contributed by atoms with Gasteiger partial charge in [0, 0.05) is 18.0 Å². The van der Waals surface area contributed by atoms with Crippen LogP contribution >= 0.6 is 12.4 Å². The Bertz CT molecular complexity index is 269. The molecule has 112 valence electrons. The fourth-order valence-corrected chi connectivity index (χ4v) is 3.38. The molecule has 0 radical (unpaired) electrons. The molecule has 0 aromatic heterocycles. The van der Waals surface area contributed by atoms with Crippen LogP contribution in [0.3, 0.4) is 0 Å². The maximum absolute atomic E-state index is 12.2. The van der Waals surface area contributed by atoms with Gasteiger partial charge < -0.3 is 11.1 Å². The maximum atomic E-state index is 12.2. The summed E-state index contributed by atoms with van der Waals surface area (Å²) in [6.07, 6.45) is 13.0. The molecule has 2 fully saturated rings.